The van der Waals surface area contributed by atoms with Crippen LogP contribution in [0.5, 0.6) is 0 Å². The molecule has 1 N–H and O–H groups in total. The molecule has 146 valence electrons. The lowest BCUT2D eigenvalue weighted by Crippen LogP contribution is -2.06. The summed E-state index contributed by atoms with van der Waals surface area (Å²) in [5.74, 6) is 0.805. The third kappa shape index (κ3) is 3.64. The Balaban J connectivity index is 0.00000112. The van der Waals surface area contributed by atoms with Gasteiger partial charge in [0, 0.05) is 12.6 Å². The van der Waals surface area contributed by atoms with Gasteiger partial charge >= 0.3 is 0 Å². The summed E-state index contributed by atoms with van der Waals surface area (Å²) in [5, 5.41) is 6.00. The molecule has 0 amide bonds. The highest BCUT2D eigenvalue weighted by Crippen LogP contribution is 2.32. The molecule has 5 nitrogen and oxygen atoms in total. The van der Waals surface area contributed by atoms with Gasteiger partial charge in [0.1, 0.15) is 11.8 Å². The van der Waals surface area contributed by atoms with Gasteiger partial charge in [0.2, 0.25) is 0 Å². The predicted octanol–water partition coefficient (Wildman–Crippen LogP) is 5.55. The highest BCUT2D eigenvalue weighted by molar-refractivity contribution is 5.87. The van der Waals surface area contributed by atoms with Crippen molar-refractivity contribution in [2.45, 2.75) is 38.3 Å². The van der Waals surface area contributed by atoms with Crippen LogP contribution >= 0.6 is 24.8 Å². The van der Waals surface area contributed by atoms with E-state index in [0.29, 0.717) is 12.6 Å². The Morgan fingerprint density at radius 3 is 2.57 bits per heavy atom. The van der Waals surface area contributed by atoms with Gasteiger partial charge in [-0.2, -0.15) is 0 Å². The van der Waals surface area contributed by atoms with E-state index in [0.717, 1.165) is 17.0 Å². The van der Waals surface area contributed by atoms with Crippen LogP contribution < -0.4 is 5.32 Å². The minimum absolute atomic E-state index is 0. The lowest BCUT2D eigenvalue weighted by molar-refractivity contribution is 0.529. The van der Waals surface area contributed by atoms with Crippen molar-refractivity contribution in [3.63, 3.8) is 0 Å². The van der Waals surface area contributed by atoms with Gasteiger partial charge < -0.3 is 9.88 Å². The van der Waals surface area contributed by atoms with E-state index in [4.69, 9.17) is 0 Å². The van der Waals surface area contributed by atoms with E-state index in [9.17, 15) is 0 Å². The second-order valence-corrected chi connectivity index (χ2v) is 6.98. The zero-order valence-electron chi connectivity index (χ0n) is 15.4. The normalized spacial score (nSPS) is 14.0. The highest BCUT2D eigenvalue weighted by Gasteiger charge is 2.20. The van der Waals surface area contributed by atoms with E-state index in [1.807, 2.05) is 6.33 Å². The largest absolute Gasteiger partial charge is 0.364 e. The maximum atomic E-state index is 4.61. The van der Waals surface area contributed by atoms with Crippen LogP contribution in [0, 0.1) is 0 Å². The van der Waals surface area contributed by atoms with Gasteiger partial charge in [0.15, 0.2) is 11.5 Å². The molecule has 0 spiro atoms. The third-order valence-corrected chi connectivity index (χ3v) is 5.40. The van der Waals surface area contributed by atoms with Crippen LogP contribution in [-0.4, -0.2) is 19.5 Å². The van der Waals surface area contributed by atoms with Crippen molar-refractivity contribution in [3.8, 4) is 0 Å². The summed E-state index contributed by atoms with van der Waals surface area (Å²) in [7, 11) is 0. The average molecular weight is 416 g/mol. The maximum absolute atomic E-state index is 4.61. The minimum Gasteiger partial charge on any atom is -0.364 e. The van der Waals surface area contributed by atoms with Crippen molar-refractivity contribution >= 4 is 52.6 Å². The van der Waals surface area contributed by atoms with Gasteiger partial charge in [0.25, 0.3) is 0 Å². The first-order valence-corrected chi connectivity index (χ1v) is 9.28. The number of anilines is 1. The average Bonchev–Trinajstić information content (AvgIpc) is 3.35. The molecule has 0 unspecified atom stereocenters. The number of hydrogen-bond donors (Lipinski definition) is 1. The monoisotopic (exact) mass is 415 g/mol. The van der Waals surface area contributed by atoms with Gasteiger partial charge in [0.05, 0.1) is 6.33 Å². The van der Waals surface area contributed by atoms with Crippen LogP contribution in [0.15, 0.2) is 55.1 Å². The quantitative estimate of drug-likeness (QED) is 0.474. The molecule has 5 rings (SSSR count). The Morgan fingerprint density at radius 1 is 0.929 bits per heavy atom. The topological polar surface area (TPSA) is 55.6 Å². The summed E-state index contributed by atoms with van der Waals surface area (Å²) in [6.45, 7) is 0.712. The highest BCUT2D eigenvalue weighted by atomic mass is 35.5. The second kappa shape index (κ2) is 8.76. The molecule has 7 heteroatoms. The number of benzene rings is 2. The van der Waals surface area contributed by atoms with Gasteiger partial charge in [-0.05, 0) is 29.2 Å². The first-order chi connectivity index (χ1) is 12.9. The third-order valence-electron chi connectivity index (χ3n) is 5.40. The first-order valence-electron chi connectivity index (χ1n) is 9.28. The second-order valence-electron chi connectivity index (χ2n) is 6.98. The van der Waals surface area contributed by atoms with E-state index in [1.54, 1.807) is 6.33 Å². The number of rotatable bonds is 4. The zero-order chi connectivity index (χ0) is 17.3. The Morgan fingerprint density at radius 2 is 1.71 bits per heavy atom. The number of nitrogens with zero attached hydrogens (tertiary/aromatic N) is 4. The number of hydrogen-bond acceptors (Lipinski definition) is 4. The van der Waals surface area contributed by atoms with E-state index in [1.165, 1.54) is 42.0 Å². The van der Waals surface area contributed by atoms with E-state index < -0.39 is 0 Å². The number of imidazole rings is 1. The fourth-order valence-corrected chi connectivity index (χ4v) is 4.06. The summed E-state index contributed by atoms with van der Waals surface area (Å²) < 4.78 is 2.23. The number of nitrogens with one attached hydrogen (secondary N) is 1. The Kier molecular flexibility index (Phi) is 6.37. The van der Waals surface area contributed by atoms with E-state index in [-0.39, 0.29) is 24.8 Å². The van der Waals surface area contributed by atoms with Crippen molar-refractivity contribution in [1.82, 2.24) is 19.5 Å². The molecule has 1 fully saturated rings. The zero-order valence-corrected chi connectivity index (χ0v) is 17.0. The molecule has 0 bridgehead atoms. The molecule has 0 aliphatic heterocycles. The smallest absolute Gasteiger partial charge is 0.165 e. The molecule has 0 saturated heterocycles. The van der Waals surface area contributed by atoms with Gasteiger partial charge in [-0.15, -0.1) is 24.8 Å². The summed E-state index contributed by atoms with van der Waals surface area (Å²) in [5.41, 5.74) is 3.05. The number of fused-ring (bicyclic) bond motifs is 2. The Hall–Kier alpha value is -2.37. The van der Waals surface area contributed by atoms with Crippen LogP contribution in [0.2, 0.25) is 0 Å². The first kappa shape index (κ1) is 20.4. The summed E-state index contributed by atoms with van der Waals surface area (Å²) in [6.07, 6.45) is 8.59. The molecule has 2 heterocycles. The lowest BCUT2D eigenvalue weighted by Gasteiger charge is -2.12. The summed E-state index contributed by atoms with van der Waals surface area (Å²) >= 11 is 0. The Labute approximate surface area is 176 Å². The SMILES string of the molecule is Cl.Cl.c1ccc2c(CNc3ncnc4c3ncn4C3CCCC3)cccc2c1. The van der Waals surface area contributed by atoms with E-state index >= 15 is 0 Å². The molecule has 1 aliphatic carbocycles. The molecule has 0 radical (unpaired) electrons. The molecule has 28 heavy (non-hydrogen) atoms. The molecular formula is C21H23Cl2N5. The van der Waals surface area contributed by atoms with E-state index in [2.05, 4.69) is 67.3 Å². The molecule has 1 saturated carbocycles. The van der Waals surface area contributed by atoms with Crippen molar-refractivity contribution in [2.75, 3.05) is 5.32 Å². The van der Waals surface area contributed by atoms with Crippen LogP contribution in [0.25, 0.3) is 21.9 Å². The van der Waals surface area contributed by atoms with Gasteiger partial charge in [-0.25, -0.2) is 15.0 Å². The van der Waals surface area contributed by atoms with Crippen molar-refractivity contribution in [2.24, 2.45) is 0 Å². The summed E-state index contributed by atoms with van der Waals surface area (Å²) in [6, 6.07) is 15.4. The lowest BCUT2D eigenvalue weighted by atomic mass is 10.0. The molecular weight excluding hydrogens is 393 g/mol. The van der Waals surface area contributed by atoms with Crippen LogP contribution in [0.4, 0.5) is 5.82 Å². The number of halogens is 2. The standard InChI is InChI=1S/C21H21N5.2ClH/c1-4-11-18-15(6-1)7-5-8-16(18)12-22-20-19-21(24-13-23-20)26(14-25-19)17-9-2-3-10-17;;/h1,4-8,11,13-14,17H,2-3,9-10,12H2,(H,22,23,24);2*1H. The molecule has 0 atom stereocenters. The van der Waals surface area contributed by atoms with Crippen molar-refractivity contribution in [3.05, 3.63) is 60.7 Å². The fraction of sp³-hybridized carbons (Fsp3) is 0.286. The molecule has 2 aromatic heterocycles. The summed E-state index contributed by atoms with van der Waals surface area (Å²) in [4.78, 5) is 13.6. The predicted molar refractivity (Wildman–Crippen MR) is 119 cm³/mol. The molecule has 4 aromatic rings. The molecule has 1 aliphatic rings. The maximum Gasteiger partial charge on any atom is 0.165 e. The minimum atomic E-state index is 0. The van der Waals surface area contributed by atoms with Gasteiger partial charge in [-0.1, -0.05) is 55.3 Å². The van der Waals surface area contributed by atoms with Gasteiger partial charge in [-0.3, -0.25) is 0 Å². The van der Waals surface area contributed by atoms with Crippen molar-refractivity contribution in [1.29, 1.82) is 0 Å². The fourth-order valence-electron chi connectivity index (χ4n) is 4.06. The Bertz CT molecular complexity index is 1070. The van der Waals surface area contributed by atoms with Crippen LogP contribution in [-0.2, 0) is 6.54 Å². The number of aromatic nitrogens is 4. The van der Waals surface area contributed by atoms with Crippen molar-refractivity contribution < 1.29 is 0 Å². The van der Waals surface area contributed by atoms with Crippen LogP contribution in [0.3, 0.4) is 0 Å². The van der Waals surface area contributed by atoms with Crippen LogP contribution in [0.1, 0.15) is 37.3 Å². The molecule has 2 aromatic carbocycles.